The molecule has 0 radical (unpaired) electrons. The SMILES string of the molecule is CNCC([NH3+])c1cnc(Cl)s1.[Cl-]. The van der Waals surface area contributed by atoms with E-state index in [9.17, 15) is 0 Å². The molecule has 0 saturated heterocycles. The molecule has 6 heteroatoms. The summed E-state index contributed by atoms with van der Waals surface area (Å²) in [5, 5.41) is 3.05. The topological polar surface area (TPSA) is 52.6 Å². The standard InChI is InChI=1S/C6H10ClN3S.ClH/c1-9-2-4(8)5-3-10-6(7)11-5;/h3-4,9H,2,8H2,1H3;1H. The quantitative estimate of drug-likeness (QED) is 0.591. The lowest BCUT2D eigenvalue weighted by Gasteiger charge is -2.02. The van der Waals surface area contributed by atoms with E-state index in [2.05, 4.69) is 16.0 Å². The van der Waals surface area contributed by atoms with Crippen molar-refractivity contribution in [2.45, 2.75) is 6.04 Å². The summed E-state index contributed by atoms with van der Waals surface area (Å²) in [6.07, 6.45) is 1.78. The van der Waals surface area contributed by atoms with Crippen molar-refractivity contribution in [3.63, 3.8) is 0 Å². The summed E-state index contributed by atoms with van der Waals surface area (Å²) in [6.45, 7) is 0.860. The smallest absolute Gasteiger partial charge is 0.184 e. The van der Waals surface area contributed by atoms with Gasteiger partial charge >= 0.3 is 0 Å². The maximum Gasteiger partial charge on any atom is 0.184 e. The van der Waals surface area contributed by atoms with E-state index in [1.54, 1.807) is 6.20 Å². The molecule has 1 aromatic heterocycles. The summed E-state index contributed by atoms with van der Waals surface area (Å²) in [5.74, 6) is 0. The third-order valence-electron chi connectivity index (χ3n) is 1.35. The molecule has 0 amide bonds. The minimum atomic E-state index is 0. The highest BCUT2D eigenvalue weighted by Crippen LogP contribution is 2.21. The van der Waals surface area contributed by atoms with Crippen molar-refractivity contribution in [1.82, 2.24) is 10.3 Å². The molecule has 1 rings (SSSR count). The first-order valence-corrected chi connectivity index (χ1v) is 4.52. The lowest BCUT2D eigenvalue weighted by molar-refractivity contribution is -0.422. The summed E-state index contributed by atoms with van der Waals surface area (Å²) >= 11 is 7.15. The van der Waals surface area contributed by atoms with Crippen LogP contribution in [0, 0.1) is 0 Å². The highest BCUT2D eigenvalue weighted by molar-refractivity contribution is 7.15. The van der Waals surface area contributed by atoms with Crippen LogP contribution in [0.4, 0.5) is 0 Å². The average molecular weight is 228 g/mol. The van der Waals surface area contributed by atoms with E-state index in [0.29, 0.717) is 4.47 Å². The molecular formula is C6H11Cl2N3S. The first kappa shape index (κ1) is 12.1. The highest BCUT2D eigenvalue weighted by atomic mass is 35.5. The van der Waals surface area contributed by atoms with E-state index in [4.69, 9.17) is 11.6 Å². The zero-order valence-electron chi connectivity index (χ0n) is 6.68. The number of hydrogen-bond donors (Lipinski definition) is 2. The number of quaternary nitrogens is 1. The molecule has 0 saturated carbocycles. The summed E-state index contributed by atoms with van der Waals surface area (Å²) in [5.41, 5.74) is 3.96. The molecule has 0 aliphatic carbocycles. The van der Waals surface area contributed by atoms with E-state index in [0.717, 1.165) is 11.4 Å². The second kappa shape index (κ2) is 5.72. The van der Waals surface area contributed by atoms with Crippen LogP contribution >= 0.6 is 22.9 Å². The maximum absolute atomic E-state index is 5.66. The molecule has 0 fully saturated rings. The van der Waals surface area contributed by atoms with E-state index in [1.807, 2.05) is 7.05 Å². The van der Waals surface area contributed by atoms with E-state index in [1.165, 1.54) is 11.3 Å². The predicted molar refractivity (Wildman–Crippen MR) is 46.7 cm³/mol. The lowest BCUT2D eigenvalue weighted by atomic mass is 10.3. The van der Waals surface area contributed by atoms with Crippen molar-refractivity contribution < 1.29 is 18.1 Å². The van der Waals surface area contributed by atoms with Gasteiger partial charge in [-0.2, -0.15) is 0 Å². The van der Waals surface area contributed by atoms with Gasteiger partial charge in [0.25, 0.3) is 0 Å². The van der Waals surface area contributed by atoms with Crippen LogP contribution in [0.3, 0.4) is 0 Å². The number of hydrogen-bond acceptors (Lipinski definition) is 3. The van der Waals surface area contributed by atoms with Gasteiger partial charge in [-0.3, -0.25) is 0 Å². The average Bonchev–Trinajstić information content (AvgIpc) is 2.36. The van der Waals surface area contributed by atoms with Gasteiger partial charge in [0.15, 0.2) is 4.47 Å². The molecule has 1 atom stereocenters. The van der Waals surface area contributed by atoms with Crippen molar-refractivity contribution >= 4 is 22.9 Å². The number of nitrogens with one attached hydrogen (secondary N) is 1. The molecule has 1 aromatic rings. The van der Waals surface area contributed by atoms with Crippen LogP contribution in [-0.2, 0) is 0 Å². The fourth-order valence-corrected chi connectivity index (χ4v) is 1.77. The van der Waals surface area contributed by atoms with Gasteiger partial charge in [-0.05, 0) is 7.05 Å². The lowest BCUT2D eigenvalue weighted by Crippen LogP contribution is -3.00. The minimum Gasteiger partial charge on any atom is -1.00 e. The second-order valence-corrected chi connectivity index (χ2v) is 3.91. The van der Waals surface area contributed by atoms with Gasteiger partial charge in [0.05, 0.1) is 11.4 Å². The Morgan fingerprint density at radius 1 is 1.83 bits per heavy atom. The summed E-state index contributed by atoms with van der Waals surface area (Å²) in [4.78, 5) is 5.07. The minimum absolute atomic E-state index is 0. The second-order valence-electron chi connectivity index (χ2n) is 2.27. The van der Waals surface area contributed by atoms with Gasteiger partial charge in [0.1, 0.15) is 6.04 Å². The first-order chi connectivity index (χ1) is 5.24. The molecule has 70 valence electrons. The molecule has 0 spiro atoms. The van der Waals surface area contributed by atoms with E-state index in [-0.39, 0.29) is 18.4 Å². The fraction of sp³-hybridized carbons (Fsp3) is 0.500. The van der Waals surface area contributed by atoms with Crippen molar-refractivity contribution in [2.75, 3.05) is 13.6 Å². The molecule has 0 aromatic carbocycles. The van der Waals surface area contributed by atoms with E-state index < -0.39 is 0 Å². The normalized spacial score (nSPS) is 12.2. The number of likely N-dealkylation sites (N-methyl/N-ethyl adjacent to an activating group) is 1. The molecule has 1 unspecified atom stereocenters. The van der Waals surface area contributed by atoms with Gasteiger partial charge in [-0.15, -0.1) is 11.3 Å². The Hall–Kier alpha value is 0.130. The summed E-state index contributed by atoms with van der Waals surface area (Å²) in [7, 11) is 1.90. The van der Waals surface area contributed by atoms with Gasteiger partial charge < -0.3 is 23.5 Å². The Balaban J connectivity index is 0.00000121. The van der Waals surface area contributed by atoms with Crippen molar-refractivity contribution in [3.8, 4) is 0 Å². The molecular weight excluding hydrogens is 217 g/mol. The van der Waals surface area contributed by atoms with Crippen LogP contribution in [0.25, 0.3) is 0 Å². The number of nitrogens with zero attached hydrogens (tertiary/aromatic N) is 1. The van der Waals surface area contributed by atoms with Gasteiger partial charge in [-0.25, -0.2) is 4.98 Å². The maximum atomic E-state index is 5.66. The van der Waals surface area contributed by atoms with Crippen LogP contribution in [-0.4, -0.2) is 18.6 Å². The first-order valence-electron chi connectivity index (χ1n) is 3.33. The zero-order valence-corrected chi connectivity index (χ0v) is 9.01. The zero-order chi connectivity index (χ0) is 8.27. The number of halogens is 2. The third kappa shape index (κ3) is 3.25. The Morgan fingerprint density at radius 2 is 2.50 bits per heavy atom. The summed E-state index contributed by atoms with van der Waals surface area (Å²) in [6, 6.07) is 0.255. The molecule has 0 bridgehead atoms. The van der Waals surface area contributed by atoms with Gasteiger partial charge in [-0.1, -0.05) is 11.6 Å². The highest BCUT2D eigenvalue weighted by Gasteiger charge is 2.11. The number of rotatable bonds is 3. The Bertz CT molecular complexity index is 228. The van der Waals surface area contributed by atoms with Gasteiger partial charge in [0, 0.05) is 6.20 Å². The predicted octanol–water partition coefficient (Wildman–Crippen LogP) is -2.70. The molecule has 1 heterocycles. The van der Waals surface area contributed by atoms with Crippen molar-refractivity contribution in [1.29, 1.82) is 0 Å². The van der Waals surface area contributed by atoms with Gasteiger partial charge in [0.2, 0.25) is 0 Å². The van der Waals surface area contributed by atoms with Crippen LogP contribution in [0.15, 0.2) is 6.20 Å². The molecule has 0 aliphatic heterocycles. The van der Waals surface area contributed by atoms with Crippen LogP contribution in [0.1, 0.15) is 10.9 Å². The molecule has 12 heavy (non-hydrogen) atoms. The monoisotopic (exact) mass is 227 g/mol. The Kier molecular flexibility index (Phi) is 5.78. The number of aromatic nitrogens is 1. The van der Waals surface area contributed by atoms with Crippen LogP contribution in [0.2, 0.25) is 4.47 Å². The van der Waals surface area contributed by atoms with E-state index >= 15 is 0 Å². The summed E-state index contributed by atoms with van der Waals surface area (Å²) < 4.78 is 0.588. The van der Waals surface area contributed by atoms with Crippen LogP contribution in [0.5, 0.6) is 0 Å². The van der Waals surface area contributed by atoms with Crippen molar-refractivity contribution in [3.05, 3.63) is 15.5 Å². The largest absolute Gasteiger partial charge is 1.00 e. The third-order valence-corrected chi connectivity index (χ3v) is 2.63. The molecule has 3 nitrogen and oxygen atoms in total. The Labute approximate surface area is 86.7 Å². The van der Waals surface area contributed by atoms with Crippen LogP contribution < -0.4 is 23.5 Å². The molecule has 0 aliphatic rings. The Morgan fingerprint density at radius 3 is 2.92 bits per heavy atom. The number of thiazole rings is 1. The fourth-order valence-electron chi connectivity index (χ4n) is 0.800. The van der Waals surface area contributed by atoms with Crippen molar-refractivity contribution in [2.24, 2.45) is 0 Å². The molecule has 4 N–H and O–H groups in total.